The van der Waals surface area contributed by atoms with Crippen LogP contribution in [0.4, 0.5) is 0 Å². The smallest absolute Gasteiger partial charge is 0.329 e. The van der Waals surface area contributed by atoms with Crippen LogP contribution >= 0.6 is 0 Å². The maximum Gasteiger partial charge on any atom is 0.329 e. The first-order chi connectivity index (χ1) is 7.74. The summed E-state index contributed by atoms with van der Waals surface area (Å²) < 4.78 is 4.14. The summed E-state index contributed by atoms with van der Waals surface area (Å²) in [6.45, 7) is 5.50. The fraction of sp³-hybridized carbons (Fsp3) is 0.786. The van der Waals surface area contributed by atoms with Crippen LogP contribution in [0.3, 0.4) is 0 Å². The number of rotatable bonds is 2. The lowest BCUT2D eigenvalue weighted by molar-refractivity contribution is -0.134. The van der Waals surface area contributed by atoms with E-state index in [-0.39, 0.29) is 0 Å². The van der Waals surface area contributed by atoms with Crippen LogP contribution in [0.1, 0.15) is 58.3 Å². The van der Waals surface area contributed by atoms with Gasteiger partial charge < -0.3 is 4.74 Å². The van der Waals surface area contributed by atoms with Gasteiger partial charge in [-0.15, -0.1) is 0 Å². The molecule has 0 amide bonds. The highest BCUT2D eigenvalue weighted by molar-refractivity contribution is 5.80. The summed E-state index contributed by atoms with van der Waals surface area (Å²) in [7, 11) is 1.31. The molecule has 1 aliphatic carbocycles. The first-order valence-electron chi connectivity index (χ1n) is 6.45. The molecule has 0 unspecified atom stereocenters. The number of methoxy groups -OCH3 is 1. The Balaban J connectivity index is 0.000000325. The zero-order valence-corrected chi connectivity index (χ0v) is 10.8. The van der Waals surface area contributed by atoms with Crippen molar-refractivity contribution >= 4 is 5.97 Å². The standard InChI is InChI=1S/C10H20.C4H6O2/c1-2-10-8-6-4-3-5-7-9-10;1-3-4(5)6-2/h10H,2-9H2,1H3;3H,1H2,2H3. The minimum atomic E-state index is -0.394. The fourth-order valence-corrected chi connectivity index (χ4v) is 2.03. The van der Waals surface area contributed by atoms with Crippen molar-refractivity contribution < 1.29 is 9.53 Å². The van der Waals surface area contributed by atoms with Crippen LogP contribution in [0.2, 0.25) is 0 Å². The predicted octanol–water partition coefficient (Wildman–Crippen LogP) is 4.10. The summed E-state index contributed by atoms with van der Waals surface area (Å²) in [5.41, 5.74) is 0. The van der Waals surface area contributed by atoms with E-state index >= 15 is 0 Å². The number of carbonyl (C=O) groups is 1. The van der Waals surface area contributed by atoms with Gasteiger partial charge >= 0.3 is 5.97 Å². The van der Waals surface area contributed by atoms with E-state index in [4.69, 9.17) is 0 Å². The molecule has 0 aliphatic heterocycles. The highest BCUT2D eigenvalue weighted by Gasteiger charge is 2.07. The molecule has 1 aliphatic rings. The van der Waals surface area contributed by atoms with Gasteiger partial charge in [-0.2, -0.15) is 0 Å². The van der Waals surface area contributed by atoms with Crippen molar-refractivity contribution in [1.29, 1.82) is 0 Å². The zero-order valence-electron chi connectivity index (χ0n) is 10.8. The third-order valence-electron chi connectivity index (χ3n) is 3.17. The second-order valence-corrected chi connectivity index (χ2v) is 4.35. The minimum Gasteiger partial charge on any atom is -0.466 e. The highest BCUT2D eigenvalue weighted by Crippen LogP contribution is 2.23. The second kappa shape index (κ2) is 10.7. The first kappa shape index (κ1) is 15.2. The van der Waals surface area contributed by atoms with Crippen molar-refractivity contribution in [1.82, 2.24) is 0 Å². The Morgan fingerprint density at radius 2 is 1.75 bits per heavy atom. The Kier molecular flexibility index (Phi) is 10.2. The molecule has 0 heterocycles. The summed E-state index contributed by atoms with van der Waals surface area (Å²) in [6.07, 6.45) is 13.0. The number of carbonyl (C=O) groups excluding carboxylic acids is 1. The van der Waals surface area contributed by atoms with Crippen molar-refractivity contribution in [2.24, 2.45) is 5.92 Å². The number of ether oxygens (including phenoxy) is 1. The molecule has 0 radical (unpaired) electrons. The van der Waals surface area contributed by atoms with Gasteiger partial charge in [-0.05, 0) is 5.92 Å². The van der Waals surface area contributed by atoms with E-state index in [2.05, 4.69) is 18.2 Å². The Bertz CT molecular complexity index is 179. The number of esters is 1. The quantitative estimate of drug-likeness (QED) is 0.523. The minimum absolute atomic E-state index is 0.394. The molecule has 2 heteroatoms. The van der Waals surface area contributed by atoms with Gasteiger partial charge in [0.05, 0.1) is 7.11 Å². The van der Waals surface area contributed by atoms with Crippen molar-refractivity contribution in [2.75, 3.05) is 7.11 Å². The molecule has 1 rings (SSSR count). The lowest BCUT2D eigenvalue weighted by atomic mass is 9.90. The van der Waals surface area contributed by atoms with E-state index in [1.165, 1.54) is 58.5 Å². The SMILES string of the molecule is C=CC(=O)OC.CCC1CCCCCCC1. The molecule has 16 heavy (non-hydrogen) atoms. The molecule has 0 aromatic heterocycles. The van der Waals surface area contributed by atoms with Gasteiger partial charge in [-0.25, -0.2) is 4.79 Å². The van der Waals surface area contributed by atoms with Gasteiger partial charge in [0.25, 0.3) is 0 Å². The van der Waals surface area contributed by atoms with Gasteiger partial charge in [0, 0.05) is 6.08 Å². The Morgan fingerprint density at radius 1 is 1.25 bits per heavy atom. The predicted molar refractivity (Wildman–Crippen MR) is 68.3 cm³/mol. The van der Waals surface area contributed by atoms with E-state index in [1.54, 1.807) is 0 Å². The lowest BCUT2D eigenvalue weighted by Gasteiger charge is -2.17. The topological polar surface area (TPSA) is 26.3 Å². The van der Waals surface area contributed by atoms with E-state index in [1.807, 2.05) is 0 Å². The first-order valence-corrected chi connectivity index (χ1v) is 6.45. The summed E-state index contributed by atoms with van der Waals surface area (Å²) in [5, 5.41) is 0. The van der Waals surface area contributed by atoms with E-state index in [9.17, 15) is 4.79 Å². The molecule has 94 valence electrons. The van der Waals surface area contributed by atoms with E-state index in [0.29, 0.717) is 0 Å². The third-order valence-corrected chi connectivity index (χ3v) is 3.17. The molecular formula is C14H26O2. The Morgan fingerprint density at radius 3 is 2.06 bits per heavy atom. The average Bonchev–Trinajstić information content (AvgIpc) is 2.28. The summed E-state index contributed by atoms with van der Waals surface area (Å²) in [5.74, 6) is 0.676. The van der Waals surface area contributed by atoms with Gasteiger partial charge in [-0.1, -0.05) is 64.9 Å². The normalized spacial score (nSPS) is 17.4. The van der Waals surface area contributed by atoms with Crippen LogP contribution in [0, 0.1) is 5.92 Å². The third kappa shape index (κ3) is 8.51. The molecule has 0 spiro atoms. The molecule has 0 atom stereocenters. The van der Waals surface area contributed by atoms with Crippen LogP contribution in [-0.4, -0.2) is 13.1 Å². The largest absolute Gasteiger partial charge is 0.466 e. The molecule has 0 saturated heterocycles. The molecule has 0 aromatic carbocycles. The lowest BCUT2D eigenvalue weighted by Crippen LogP contribution is -2.01. The number of hydrogen-bond acceptors (Lipinski definition) is 2. The molecule has 0 aromatic rings. The zero-order chi connectivity index (χ0) is 12.2. The average molecular weight is 226 g/mol. The van der Waals surface area contributed by atoms with Gasteiger partial charge in [0.2, 0.25) is 0 Å². The molecule has 0 N–H and O–H groups in total. The van der Waals surface area contributed by atoms with Gasteiger partial charge in [0.15, 0.2) is 0 Å². The molecule has 1 fully saturated rings. The van der Waals surface area contributed by atoms with Gasteiger partial charge in [0.1, 0.15) is 0 Å². The Labute approximate surface area is 100 Å². The van der Waals surface area contributed by atoms with Crippen LogP contribution in [0.15, 0.2) is 12.7 Å². The second-order valence-electron chi connectivity index (χ2n) is 4.35. The van der Waals surface area contributed by atoms with Crippen LogP contribution in [0.25, 0.3) is 0 Å². The van der Waals surface area contributed by atoms with Crippen LogP contribution in [-0.2, 0) is 9.53 Å². The molecular weight excluding hydrogens is 200 g/mol. The summed E-state index contributed by atoms with van der Waals surface area (Å²) >= 11 is 0. The van der Waals surface area contributed by atoms with E-state index < -0.39 is 5.97 Å². The molecule has 2 nitrogen and oxygen atoms in total. The van der Waals surface area contributed by atoms with Crippen molar-refractivity contribution in [3.05, 3.63) is 12.7 Å². The Hall–Kier alpha value is -0.790. The summed E-state index contributed by atoms with van der Waals surface area (Å²) in [6, 6.07) is 0. The van der Waals surface area contributed by atoms with Crippen LogP contribution < -0.4 is 0 Å². The number of hydrogen-bond donors (Lipinski definition) is 0. The highest BCUT2D eigenvalue weighted by atomic mass is 16.5. The monoisotopic (exact) mass is 226 g/mol. The molecule has 0 bridgehead atoms. The van der Waals surface area contributed by atoms with Gasteiger partial charge in [-0.3, -0.25) is 0 Å². The van der Waals surface area contributed by atoms with Crippen molar-refractivity contribution in [3.8, 4) is 0 Å². The van der Waals surface area contributed by atoms with Crippen LogP contribution in [0.5, 0.6) is 0 Å². The van der Waals surface area contributed by atoms with E-state index in [0.717, 1.165) is 12.0 Å². The van der Waals surface area contributed by atoms with Crippen molar-refractivity contribution in [3.63, 3.8) is 0 Å². The molecule has 1 saturated carbocycles. The summed E-state index contributed by atoms with van der Waals surface area (Å²) in [4.78, 5) is 9.84. The maximum atomic E-state index is 9.84. The van der Waals surface area contributed by atoms with Crippen molar-refractivity contribution in [2.45, 2.75) is 58.3 Å². The maximum absolute atomic E-state index is 9.84. The fourth-order valence-electron chi connectivity index (χ4n) is 2.03.